The Morgan fingerprint density at radius 3 is 2.88 bits per heavy atom. The predicted octanol–water partition coefficient (Wildman–Crippen LogP) is 4.25. The first-order valence-electron chi connectivity index (χ1n) is 7.39. The number of aliphatic imine (C=N–C) groups is 1. The molecule has 0 atom stereocenters. The Labute approximate surface area is 154 Å². The number of nitrogens with one attached hydrogen (secondary N) is 1. The molecule has 0 unspecified atom stereocenters. The fourth-order valence-corrected chi connectivity index (χ4v) is 3.25. The highest BCUT2D eigenvalue weighted by Gasteiger charge is 2.24. The van der Waals surface area contributed by atoms with Crippen molar-refractivity contribution < 1.29 is 14.6 Å². The van der Waals surface area contributed by atoms with Crippen molar-refractivity contribution >= 4 is 46.2 Å². The van der Waals surface area contributed by atoms with Crippen LogP contribution in [0.15, 0.2) is 46.3 Å². The van der Waals surface area contributed by atoms with Crippen LogP contribution in [0.1, 0.15) is 11.1 Å². The molecule has 25 heavy (non-hydrogen) atoms. The maximum atomic E-state index is 12.2. The van der Waals surface area contributed by atoms with Crippen molar-refractivity contribution in [3.63, 3.8) is 0 Å². The average molecular weight is 375 g/mol. The molecule has 1 saturated heterocycles. The standard InChI is InChI=1S/C18H15ClN2O3S/c1-10-6-7-12(19)9-13(10)20-18-21-17(23)15(25-18)8-11-4-3-5-14(24-2)16(11)22/h3-9,22H,1-2H3,(H,20,21,23)/b15-8-. The number of thioether (sulfide) groups is 1. The van der Waals surface area contributed by atoms with Crippen LogP contribution in [-0.2, 0) is 4.79 Å². The smallest absolute Gasteiger partial charge is 0.264 e. The zero-order valence-electron chi connectivity index (χ0n) is 13.5. The first kappa shape index (κ1) is 17.4. The lowest BCUT2D eigenvalue weighted by Gasteiger charge is -2.05. The first-order chi connectivity index (χ1) is 12.0. The van der Waals surface area contributed by atoms with Crippen molar-refractivity contribution in [1.29, 1.82) is 0 Å². The fraction of sp³-hybridized carbons (Fsp3) is 0.111. The summed E-state index contributed by atoms with van der Waals surface area (Å²) in [6.07, 6.45) is 1.60. The molecule has 2 aromatic rings. The van der Waals surface area contributed by atoms with Crippen LogP contribution in [0.3, 0.4) is 0 Å². The van der Waals surface area contributed by atoms with Crippen molar-refractivity contribution in [2.75, 3.05) is 7.11 Å². The van der Waals surface area contributed by atoms with E-state index in [1.165, 1.54) is 18.9 Å². The van der Waals surface area contributed by atoms with Gasteiger partial charge in [0.2, 0.25) is 0 Å². The van der Waals surface area contributed by atoms with Crippen LogP contribution in [0.4, 0.5) is 5.69 Å². The number of aromatic hydroxyl groups is 1. The highest BCUT2D eigenvalue weighted by atomic mass is 35.5. The summed E-state index contributed by atoms with van der Waals surface area (Å²) in [7, 11) is 1.47. The number of hydrogen-bond acceptors (Lipinski definition) is 5. The number of ether oxygens (including phenoxy) is 1. The Morgan fingerprint density at radius 2 is 2.12 bits per heavy atom. The molecular formula is C18H15ClN2O3S. The number of methoxy groups -OCH3 is 1. The summed E-state index contributed by atoms with van der Waals surface area (Å²) in [5, 5.41) is 13.9. The minimum absolute atomic E-state index is 0.0121. The summed E-state index contributed by atoms with van der Waals surface area (Å²) >= 11 is 7.20. The Kier molecular flexibility index (Phi) is 5.01. The van der Waals surface area contributed by atoms with Crippen molar-refractivity contribution in [3.8, 4) is 11.5 Å². The number of carbonyl (C=O) groups excluding carboxylic acids is 1. The molecule has 1 fully saturated rings. The molecule has 0 radical (unpaired) electrons. The van der Waals surface area contributed by atoms with Gasteiger partial charge in [0.1, 0.15) is 0 Å². The molecule has 2 aromatic carbocycles. The largest absolute Gasteiger partial charge is 0.504 e. The molecule has 0 aromatic heterocycles. The van der Waals surface area contributed by atoms with Gasteiger partial charge in [0.05, 0.1) is 17.7 Å². The van der Waals surface area contributed by atoms with Crippen molar-refractivity contribution in [3.05, 3.63) is 57.5 Å². The van der Waals surface area contributed by atoms with E-state index < -0.39 is 0 Å². The Bertz CT molecular complexity index is 909. The van der Waals surface area contributed by atoms with E-state index in [9.17, 15) is 9.90 Å². The van der Waals surface area contributed by atoms with Crippen LogP contribution in [0.25, 0.3) is 6.08 Å². The number of para-hydroxylation sites is 1. The van der Waals surface area contributed by atoms with Gasteiger partial charge in [0.15, 0.2) is 16.7 Å². The Hall–Kier alpha value is -2.44. The number of hydrogen-bond donors (Lipinski definition) is 2. The third-order valence-electron chi connectivity index (χ3n) is 3.58. The Balaban J connectivity index is 1.90. The molecule has 7 heteroatoms. The second kappa shape index (κ2) is 7.21. The van der Waals surface area contributed by atoms with Gasteiger partial charge < -0.3 is 15.2 Å². The highest BCUT2D eigenvalue weighted by molar-refractivity contribution is 8.18. The van der Waals surface area contributed by atoms with E-state index >= 15 is 0 Å². The highest BCUT2D eigenvalue weighted by Crippen LogP contribution is 2.35. The molecule has 5 nitrogen and oxygen atoms in total. The van der Waals surface area contributed by atoms with Crippen molar-refractivity contribution in [2.24, 2.45) is 4.99 Å². The average Bonchev–Trinajstić information content (AvgIpc) is 2.92. The van der Waals surface area contributed by atoms with Gasteiger partial charge in [0, 0.05) is 10.6 Å². The van der Waals surface area contributed by atoms with Gasteiger partial charge in [-0.05, 0) is 48.5 Å². The fourth-order valence-electron chi connectivity index (χ4n) is 2.25. The summed E-state index contributed by atoms with van der Waals surface area (Å²) < 4.78 is 5.08. The van der Waals surface area contributed by atoms with Crippen LogP contribution >= 0.6 is 23.4 Å². The van der Waals surface area contributed by atoms with Gasteiger partial charge in [-0.15, -0.1) is 0 Å². The van der Waals surface area contributed by atoms with Crippen molar-refractivity contribution in [2.45, 2.75) is 6.92 Å². The number of amides is 1. The van der Waals surface area contributed by atoms with E-state index in [4.69, 9.17) is 16.3 Å². The number of phenolic OH excluding ortho intramolecular Hbond substituents is 1. The number of amidine groups is 1. The van der Waals surface area contributed by atoms with E-state index in [1.54, 1.807) is 36.4 Å². The van der Waals surface area contributed by atoms with E-state index in [2.05, 4.69) is 10.3 Å². The Morgan fingerprint density at radius 1 is 1.32 bits per heavy atom. The molecule has 3 rings (SSSR count). The molecule has 0 spiro atoms. The maximum Gasteiger partial charge on any atom is 0.264 e. The molecule has 1 aliphatic heterocycles. The number of aryl methyl sites for hydroxylation is 1. The summed E-state index contributed by atoms with van der Waals surface area (Å²) in [6, 6.07) is 10.5. The van der Waals surface area contributed by atoms with Gasteiger partial charge in [-0.2, -0.15) is 0 Å². The van der Waals surface area contributed by atoms with E-state index in [0.717, 1.165) is 5.56 Å². The summed E-state index contributed by atoms with van der Waals surface area (Å²) in [4.78, 5) is 17.1. The summed E-state index contributed by atoms with van der Waals surface area (Å²) in [5.41, 5.74) is 2.15. The van der Waals surface area contributed by atoms with Crippen LogP contribution in [0.2, 0.25) is 5.02 Å². The number of carbonyl (C=O) groups is 1. The number of halogens is 1. The van der Waals surface area contributed by atoms with Gasteiger partial charge in [-0.25, -0.2) is 4.99 Å². The van der Waals surface area contributed by atoms with Gasteiger partial charge in [-0.3, -0.25) is 4.79 Å². The predicted molar refractivity (Wildman–Crippen MR) is 102 cm³/mol. The second-order valence-corrected chi connectivity index (χ2v) is 6.78. The lowest BCUT2D eigenvalue weighted by Crippen LogP contribution is -2.19. The number of phenols is 1. The second-order valence-electron chi connectivity index (χ2n) is 5.31. The van der Waals surface area contributed by atoms with Gasteiger partial charge in [0.25, 0.3) is 5.91 Å². The minimum atomic E-state index is -0.273. The lowest BCUT2D eigenvalue weighted by atomic mass is 10.1. The molecular weight excluding hydrogens is 360 g/mol. The quantitative estimate of drug-likeness (QED) is 0.788. The number of rotatable bonds is 3. The van der Waals surface area contributed by atoms with E-state index in [0.29, 0.717) is 32.1 Å². The normalized spacial score (nSPS) is 17.2. The molecule has 128 valence electrons. The third kappa shape index (κ3) is 3.81. The number of nitrogens with zero attached hydrogens (tertiary/aromatic N) is 1. The number of benzene rings is 2. The van der Waals surface area contributed by atoms with Crippen LogP contribution in [0, 0.1) is 6.92 Å². The molecule has 1 heterocycles. The zero-order valence-corrected chi connectivity index (χ0v) is 15.1. The lowest BCUT2D eigenvalue weighted by molar-refractivity contribution is -0.115. The molecule has 0 aliphatic carbocycles. The molecule has 1 aliphatic rings. The molecule has 0 bridgehead atoms. The molecule has 2 N–H and O–H groups in total. The van der Waals surface area contributed by atoms with Gasteiger partial charge >= 0.3 is 0 Å². The zero-order chi connectivity index (χ0) is 18.0. The van der Waals surface area contributed by atoms with E-state index in [-0.39, 0.29) is 11.7 Å². The minimum Gasteiger partial charge on any atom is -0.504 e. The van der Waals surface area contributed by atoms with Crippen LogP contribution < -0.4 is 10.1 Å². The van der Waals surface area contributed by atoms with Crippen LogP contribution in [-0.4, -0.2) is 23.3 Å². The first-order valence-corrected chi connectivity index (χ1v) is 8.59. The maximum absolute atomic E-state index is 12.2. The monoisotopic (exact) mass is 374 g/mol. The molecule has 1 amide bonds. The topological polar surface area (TPSA) is 70.9 Å². The van der Waals surface area contributed by atoms with Crippen LogP contribution in [0.5, 0.6) is 11.5 Å². The molecule has 0 saturated carbocycles. The summed E-state index contributed by atoms with van der Waals surface area (Å²) in [6.45, 7) is 1.92. The van der Waals surface area contributed by atoms with E-state index in [1.807, 2.05) is 13.0 Å². The summed E-state index contributed by atoms with van der Waals surface area (Å²) in [5.74, 6) is 0.0637. The van der Waals surface area contributed by atoms with Gasteiger partial charge in [-0.1, -0.05) is 29.8 Å². The third-order valence-corrected chi connectivity index (χ3v) is 4.73. The van der Waals surface area contributed by atoms with Crippen molar-refractivity contribution in [1.82, 2.24) is 5.32 Å². The SMILES string of the molecule is COc1cccc(/C=C2\SC(=Nc3cc(Cl)ccc3C)NC2=O)c1O.